The molecule has 0 saturated carbocycles. The van der Waals surface area contributed by atoms with Crippen LogP contribution in [0.15, 0.2) is 85.1 Å². The van der Waals surface area contributed by atoms with Crippen LogP contribution >= 0.6 is 0 Å². The smallest absolute Gasteiger partial charge is 0.490 e. The predicted molar refractivity (Wildman–Crippen MR) is 166 cm³/mol. The van der Waals surface area contributed by atoms with E-state index in [1.807, 2.05) is 66.9 Å². The lowest BCUT2D eigenvalue weighted by atomic mass is 10.0. The van der Waals surface area contributed by atoms with Crippen LogP contribution < -0.4 is 15.8 Å². The molecule has 0 bridgehead atoms. The number of nitrogens with two attached hydrogens (primary N) is 1. The summed E-state index contributed by atoms with van der Waals surface area (Å²) in [7, 11) is 1.65. The molecule has 0 aliphatic carbocycles. The number of methoxy groups -OCH3 is 1. The SMILES string of the molecule is COc1ccc(Cn2c(Cc3ccccc3)nnc2[C@@H](Cc2c[nH]c3ccccc23)NC(=O)C(C)(C)N)cc1.O=C(O)C(F)(F)F. The van der Waals surface area contributed by atoms with Crippen molar-refractivity contribution in [3.63, 3.8) is 0 Å². The molecule has 0 saturated heterocycles. The molecule has 242 valence electrons. The number of aliphatic carboxylic acids is 1. The molecule has 2 heterocycles. The number of fused-ring (bicyclic) bond motifs is 1. The van der Waals surface area contributed by atoms with E-state index in [4.69, 9.17) is 20.4 Å². The van der Waals surface area contributed by atoms with Crippen molar-refractivity contribution < 1.29 is 32.6 Å². The number of carbonyl (C=O) groups excluding carboxylic acids is 1. The average molecular weight is 637 g/mol. The van der Waals surface area contributed by atoms with Crippen LogP contribution in [-0.4, -0.2) is 55.6 Å². The van der Waals surface area contributed by atoms with E-state index in [1.165, 1.54) is 0 Å². The summed E-state index contributed by atoms with van der Waals surface area (Å²) in [5.74, 6) is -0.720. The number of nitrogens with zero attached hydrogens (tertiary/aromatic N) is 3. The molecule has 1 atom stereocenters. The molecule has 3 aromatic carbocycles. The first kappa shape index (κ1) is 33.7. The highest BCUT2D eigenvalue weighted by Crippen LogP contribution is 2.26. The van der Waals surface area contributed by atoms with Gasteiger partial charge in [0.25, 0.3) is 0 Å². The molecular formula is C33H35F3N6O4. The van der Waals surface area contributed by atoms with Crippen molar-refractivity contribution in [2.45, 2.75) is 51.0 Å². The van der Waals surface area contributed by atoms with Crippen molar-refractivity contribution in [2.75, 3.05) is 7.11 Å². The Morgan fingerprint density at radius 3 is 2.22 bits per heavy atom. The summed E-state index contributed by atoms with van der Waals surface area (Å²) >= 11 is 0. The number of carboxylic acid groups (broad SMARTS) is 1. The fourth-order valence-corrected chi connectivity index (χ4v) is 4.67. The van der Waals surface area contributed by atoms with Crippen LogP contribution in [0.5, 0.6) is 5.75 Å². The van der Waals surface area contributed by atoms with E-state index >= 15 is 0 Å². The topological polar surface area (TPSA) is 148 Å². The third kappa shape index (κ3) is 8.72. The Balaban J connectivity index is 0.000000617. The monoisotopic (exact) mass is 636 g/mol. The molecule has 0 unspecified atom stereocenters. The predicted octanol–water partition coefficient (Wildman–Crippen LogP) is 5.18. The quantitative estimate of drug-likeness (QED) is 0.165. The van der Waals surface area contributed by atoms with Crippen molar-refractivity contribution in [3.05, 3.63) is 113 Å². The Morgan fingerprint density at radius 1 is 0.978 bits per heavy atom. The number of aromatic nitrogens is 4. The number of hydrogen-bond donors (Lipinski definition) is 4. The first-order chi connectivity index (χ1) is 21.8. The van der Waals surface area contributed by atoms with E-state index in [1.54, 1.807) is 21.0 Å². The second-order valence-electron chi connectivity index (χ2n) is 11.2. The summed E-state index contributed by atoms with van der Waals surface area (Å²) < 4.78 is 39.2. The van der Waals surface area contributed by atoms with Gasteiger partial charge >= 0.3 is 12.1 Å². The molecule has 0 radical (unpaired) electrons. The Kier molecular flexibility index (Phi) is 10.5. The molecule has 2 aromatic heterocycles. The van der Waals surface area contributed by atoms with Crippen LogP contribution in [0.2, 0.25) is 0 Å². The third-order valence-electron chi connectivity index (χ3n) is 7.10. The number of alkyl halides is 3. The molecule has 5 N–H and O–H groups in total. The van der Waals surface area contributed by atoms with Gasteiger partial charge in [0.05, 0.1) is 25.2 Å². The summed E-state index contributed by atoms with van der Waals surface area (Å²) in [4.78, 5) is 25.4. The van der Waals surface area contributed by atoms with E-state index < -0.39 is 23.7 Å². The third-order valence-corrected chi connectivity index (χ3v) is 7.10. The maximum absolute atomic E-state index is 13.2. The lowest BCUT2D eigenvalue weighted by Crippen LogP contribution is -2.50. The van der Waals surface area contributed by atoms with Gasteiger partial charge in [-0.15, -0.1) is 10.2 Å². The zero-order valence-electron chi connectivity index (χ0n) is 25.5. The normalized spacial score (nSPS) is 12.2. The van der Waals surface area contributed by atoms with Crippen LogP contribution in [0.25, 0.3) is 10.9 Å². The number of H-pyrrole nitrogens is 1. The number of halogens is 3. The van der Waals surface area contributed by atoms with Crippen LogP contribution in [0, 0.1) is 0 Å². The van der Waals surface area contributed by atoms with E-state index in [0.717, 1.165) is 39.2 Å². The van der Waals surface area contributed by atoms with Gasteiger partial charge in [-0.3, -0.25) is 4.79 Å². The van der Waals surface area contributed by atoms with Gasteiger partial charge in [0.1, 0.15) is 11.6 Å². The van der Waals surface area contributed by atoms with E-state index in [2.05, 4.69) is 43.3 Å². The van der Waals surface area contributed by atoms with Gasteiger partial charge in [-0.05, 0) is 48.7 Å². The first-order valence-corrected chi connectivity index (χ1v) is 14.3. The lowest BCUT2D eigenvalue weighted by Gasteiger charge is -2.25. The summed E-state index contributed by atoms with van der Waals surface area (Å²) in [6, 6.07) is 25.8. The van der Waals surface area contributed by atoms with Crippen molar-refractivity contribution in [1.29, 1.82) is 0 Å². The minimum atomic E-state index is -5.08. The molecule has 0 spiro atoms. The minimum absolute atomic E-state index is 0.254. The molecule has 5 rings (SSSR count). The number of rotatable bonds is 10. The van der Waals surface area contributed by atoms with E-state index in [0.29, 0.717) is 25.2 Å². The number of hydrogen-bond acceptors (Lipinski definition) is 6. The average Bonchev–Trinajstić information content (AvgIpc) is 3.60. The van der Waals surface area contributed by atoms with Gasteiger partial charge in [-0.2, -0.15) is 13.2 Å². The Labute approximate surface area is 263 Å². The highest BCUT2D eigenvalue weighted by atomic mass is 19.4. The number of amides is 1. The zero-order chi connectivity index (χ0) is 33.5. The molecule has 13 heteroatoms. The fraction of sp³-hybridized carbons (Fsp3) is 0.273. The molecule has 46 heavy (non-hydrogen) atoms. The van der Waals surface area contributed by atoms with Crippen molar-refractivity contribution in [3.8, 4) is 5.75 Å². The highest BCUT2D eigenvalue weighted by Gasteiger charge is 2.38. The lowest BCUT2D eigenvalue weighted by molar-refractivity contribution is -0.192. The van der Waals surface area contributed by atoms with Crippen molar-refractivity contribution >= 4 is 22.8 Å². The maximum atomic E-state index is 13.2. The Morgan fingerprint density at radius 2 is 1.61 bits per heavy atom. The van der Waals surface area contributed by atoms with E-state index in [-0.39, 0.29) is 5.91 Å². The van der Waals surface area contributed by atoms with Crippen LogP contribution in [0.3, 0.4) is 0 Å². The summed E-state index contributed by atoms with van der Waals surface area (Å²) in [6.07, 6.45) is -1.95. The van der Waals surface area contributed by atoms with Gasteiger partial charge < -0.3 is 30.4 Å². The largest absolute Gasteiger partial charge is 0.497 e. The number of aromatic amines is 1. The van der Waals surface area contributed by atoms with Gasteiger partial charge in [0.2, 0.25) is 5.91 Å². The molecular weight excluding hydrogens is 601 g/mol. The molecule has 0 aliphatic rings. The first-order valence-electron chi connectivity index (χ1n) is 14.3. The molecule has 0 fully saturated rings. The van der Waals surface area contributed by atoms with Crippen molar-refractivity contribution in [1.82, 2.24) is 25.1 Å². The summed E-state index contributed by atoms with van der Waals surface area (Å²) in [5.41, 5.74) is 9.47. The fourth-order valence-electron chi connectivity index (χ4n) is 4.67. The van der Waals surface area contributed by atoms with Gasteiger partial charge in [0, 0.05) is 29.9 Å². The Hall–Kier alpha value is -5.17. The van der Waals surface area contributed by atoms with Gasteiger partial charge in [0.15, 0.2) is 5.82 Å². The standard InChI is InChI=1S/C31H34N6O2.C2HF3O2/c1-31(2,32)30(38)34-27(18-23-19-33-26-12-8-7-11-25(23)26)29-36-35-28(17-21-9-5-4-6-10-21)37(29)20-22-13-15-24(39-3)16-14-22;3-2(4,5)1(6)7/h4-16,19,27,33H,17-18,20,32H2,1-3H3,(H,34,38);(H,6,7)/t27-;/m1./s1. The number of ether oxygens (including phenoxy) is 1. The zero-order valence-corrected chi connectivity index (χ0v) is 25.5. The summed E-state index contributed by atoms with van der Waals surface area (Å²) in [6.45, 7) is 3.95. The number of para-hydroxylation sites is 1. The molecule has 0 aliphatic heterocycles. The molecule has 10 nitrogen and oxygen atoms in total. The second-order valence-corrected chi connectivity index (χ2v) is 11.2. The summed E-state index contributed by atoms with van der Waals surface area (Å²) in [5, 5.41) is 20.7. The maximum Gasteiger partial charge on any atom is 0.490 e. The van der Waals surface area contributed by atoms with Crippen LogP contribution in [0.4, 0.5) is 13.2 Å². The van der Waals surface area contributed by atoms with Crippen LogP contribution in [0.1, 0.15) is 48.2 Å². The number of nitrogens with one attached hydrogen (secondary N) is 2. The number of carbonyl (C=O) groups is 2. The van der Waals surface area contributed by atoms with Crippen molar-refractivity contribution in [2.24, 2.45) is 5.73 Å². The number of carboxylic acids is 1. The molecule has 5 aromatic rings. The minimum Gasteiger partial charge on any atom is -0.497 e. The second kappa shape index (κ2) is 14.3. The molecule has 1 amide bonds. The van der Waals surface area contributed by atoms with Crippen LogP contribution in [-0.2, 0) is 29.0 Å². The highest BCUT2D eigenvalue weighted by molar-refractivity contribution is 5.86. The van der Waals surface area contributed by atoms with E-state index in [9.17, 15) is 18.0 Å². The Bertz CT molecular complexity index is 1760. The number of benzene rings is 3. The van der Waals surface area contributed by atoms with Gasteiger partial charge in [-0.25, -0.2) is 4.79 Å². The van der Waals surface area contributed by atoms with Gasteiger partial charge in [-0.1, -0.05) is 60.7 Å².